The number of carbonyl (C=O) groups excluding carboxylic acids is 1. The van der Waals surface area contributed by atoms with Crippen LogP contribution in [0.2, 0.25) is 0 Å². The fraction of sp³-hybridized carbons (Fsp3) is 0.519. The summed E-state index contributed by atoms with van der Waals surface area (Å²) in [5.74, 6) is 4.94. The molecular formula is C27H30O3. The maximum absolute atomic E-state index is 12.1. The van der Waals surface area contributed by atoms with Gasteiger partial charge in [-0.1, -0.05) is 30.6 Å². The van der Waals surface area contributed by atoms with E-state index in [0.717, 1.165) is 37.9 Å². The average molecular weight is 403 g/mol. The van der Waals surface area contributed by atoms with Crippen LogP contribution in [-0.4, -0.2) is 23.6 Å². The van der Waals surface area contributed by atoms with Crippen LogP contribution in [0, 0.1) is 29.6 Å². The molecule has 1 aromatic carbocycles. The van der Waals surface area contributed by atoms with Crippen molar-refractivity contribution in [3.05, 3.63) is 52.6 Å². The Bertz CT molecular complexity index is 992. The third-order valence-corrected chi connectivity index (χ3v) is 8.64. The Morgan fingerprint density at radius 3 is 2.63 bits per heavy atom. The number of benzene rings is 1. The molecule has 4 aliphatic rings. The van der Waals surface area contributed by atoms with Crippen molar-refractivity contribution < 1.29 is 14.6 Å². The summed E-state index contributed by atoms with van der Waals surface area (Å²) < 4.78 is 5.38. The maximum atomic E-state index is 12.1. The Balaban J connectivity index is 1.68. The molecular weight excluding hydrogens is 372 g/mol. The van der Waals surface area contributed by atoms with Gasteiger partial charge in [0.25, 0.3) is 0 Å². The summed E-state index contributed by atoms with van der Waals surface area (Å²) in [6.07, 6.45) is 13.8. The molecule has 1 aromatic rings. The van der Waals surface area contributed by atoms with Gasteiger partial charge in [-0.2, -0.15) is 0 Å². The van der Waals surface area contributed by atoms with E-state index in [9.17, 15) is 9.90 Å². The van der Waals surface area contributed by atoms with Crippen molar-refractivity contribution in [3.8, 4) is 18.1 Å². The summed E-state index contributed by atoms with van der Waals surface area (Å²) in [6.45, 7) is 2.22. The Hall–Kier alpha value is -2.31. The third kappa shape index (κ3) is 2.66. The first-order valence-corrected chi connectivity index (χ1v) is 11.2. The molecule has 0 amide bonds. The minimum Gasteiger partial charge on any atom is -0.497 e. The van der Waals surface area contributed by atoms with Gasteiger partial charge in [0.2, 0.25) is 0 Å². The number of fused-ring (bicyclic) bond motifs is 4. The predicted octanol–water partition coefficient (Wildman–Crippen LogP) is 4.96. The van der Waals surface area contributed by atoms with Crippen LogP contribution < -0.4 is 4.74 Å². The Morgan fingerprint density at radius 1 is 1.17 bits per heavy atom. The van der Waals surface area contributed by atoms with E-state index in [1.807, 2.05) is 18.2 Å². The number of hydrogen-bond donors (Lipinski definition) is 1. The number of allylic oxidation sites excluding steroid dienone is 4. The molecule has 5 rings (SSSR count). The maximum Gasteiger partial charge on any atom is 0.156 e. The summed E-state index contributed by atoms with van der Waals surface area (Å²) in [5.41, 5.74) is 4.11. The van der Waals surface area contributed by atoms with Gasteiger partial charge in [-0.25, -0.2) is 0 Å². The Labute approximate surface area is 179 Å². The van der Waals surface area contributed by atoms with Crippen LogP contribution in [0.25, 0.3) is 0 Å². The van der Waals surface area contributed by atoms with Crippen molar-refractivity contribution in [1.82, 2.24) is 0 Å². The van der Waals surface area contributed by atoms with Crippen LogP contribution in [-0.2, 0) is 4.79 Å². The van der Waals surface area contributed by atoms with Gasteiger partial charge in [0.15, 0.2) is 5.78 Å². The third-order valence-electron chi connectivity index (χ3n) is 8.64. The molecule has 0 spiro atoms. The molecule has 30 heavy (non-hydrogen) atoms. The van der Waals surface area contributed by atoms with Crippen molar-refractivity contribution in [1.29, 1.82) is 0 Å². The van der Waals surface area contributed by atoms with E-state index in [2.05, 4.69) is 25.0 Å². The van der Waals surface area contributed by atoms with Gasteiger partial charge in [-0.15, -0.1) is 6.42 Å². The van der Waals surface area contributed by atoms with E-state index < -0.39 is 5.60 Å². The first kappa shape index (κ1) is 19.6. The molecule has 5 atom stereocenters. The number of carbonyl (C=O) groups is 1. The number of rotatable bonds is 2. The lowest BCUT2D eigenvalue weighted by Gasteiger charge is -2.53. The van der Waals surface area contributed by atoms with Crippen molar-refractivity contribution in [2.45, 2.75) is 63.4 Å². The van der Waals surface area contributed by atoms with Crippen molar-refractivity contribution in [2.75, 3.05) is 7.11 Å². The minimum atomic E-state index is -1.04. The van der Waals surface area contributed by atoms with Crippen LogP contribution in [0.5, 0.6) is 5.75 Å². The molecule has 0 bridgehead atoms. The fourth-order valence-electron chi connectivity index (χ4n) is 7.04. The van der Waals surface area contributed by atoms with Crippen LogP contribution in [0.1, 0.15) is 63.4 Å². The molecule has 4 aliphatic carbocycles. The van der Waals surface area contributed by atoms with E-state index in [4.69, 9.17) is 11.2 Å². The van der Waals surface area contributed by atoms with Gasteiger partial charge in [0, 0.05) is 17.8 Å². The van der Waals surface area contributed by atoms with Gasteiger partial charge >= 0.3 is 0 Å². The molecule has 0 heterocycles. The quantitative estimate of drug-likeness (QED) is 0.712. The highest BCUT2D eigenvalue weighted by Gasteiger charge is 2.62. The van der Waals surface area contributed by atoms with Crippen LogP contribution in [0.15, 0.2) is 47.1 Å². The van der Waals surface area contributed by atoms with Gasteiger partial charge in [-0.3, -0.25) is 4.79 Å². The van der Waals surface area contributed by atoms with E-state index in [-0.39, 0.29) is 17.1 Å². The summed E-state index contributed by atoms with van der Waals surface area (Å²) in [6, 6.07) is 8.37. The number of aliphatic hydroxyl groups is 1. The largest absolute Gasteiger partial charge is 0.497 e. The number of hydrogen-bond acceptors (Lipinski definition) is 3. The van der Waals surface area contributed by atoms with Gasteiger partial charge in [0.05, 0.1) is 7.11 Å². The highest BCUT2D eigenvalue weighted by Crippen LogP contribution is 2.66. The predicted molar refractivity (Wildman–Crippen MR) is 117 cm³/mol. The molecule has 156 valence electrons. The molecule has 2 saturated carbocycles. The van der Waals surface area contributed by atoms with Crippen molar-refractivity contribution in [2.24, 2.45) is 17.3 Å². The number of terminal acetylenes is 1. The molecule has 3 heteroatoms. The SMILES string of the molecule is C#C[C@@]1(O)CC[C@H]2[C@@H]3CCC4=CC(=O)CCC4=C3[C@@H](c3ccc(OC)cc3)C[C@]21C. The lowest BCUT2D eigenvalue weighted by molar-refractivity contribution is -0.114. The molecule has 2 fully saturated rings. The minimum absolute atomic E-state index is 0.215. The molecule has 3 nitrogen and oxygen atoms in total. The Kier molecular flexibility index (Phi) is 4.49. The van der Waals surface area contributed by atoms with E-state index in [1.165, 1.54) is 22.3 Å². The molecule has 0 radical (unpaired) electrons. The number of methoxy groups -OCH3 is 1. The van der Waals surface area contributed by atoms with Gasteiger partial charge in [-0.05, 0) is 85.3 Å². The van der Waals surface area contributed by atoms with E-state index in [0.29, 0.717) is 24.7 Å². The summed E-state index contributed by atoms with van der Waals surface area (Å²) in [5, 5.41) is 11.4. The Morgan fingerprint density at radius 2 is 1.93 bits per heavy atom. The zero-order valence-corrected chi connectivity index (χ0v) is 17.9. The van der Waals surface area contributed by atoms with Gasteiger partial charge < -0.3 is 9.84 Å². The second-order valence-corrected chi connectivity index (χ2v) is 9.81. The summed E-state index contributed by atoms with van der Waals surface area (Å²) in [7, 11) is 1.69. The van der Waals surface area contributed by atoms with E-state index >= 15 is 0 Å². The first-order valence-electron chi connectivity index (χ1n) is 11.2. The number of ketones is 1. The normalized spacial score (nSPS) is 37.6. The molecule has 0 unspecified atom stereocenters. The highest BCUT2D eigenvalue weighted by molar-refractivity contribution is 5.93. The molecule has 0 aliphatic heterocycles. The molecule has 0 saturated heterocycles. The summed E-state index contributed by atoms with van der Waals surface area (Å²) >= 11 is 0. The standard InChI is InChI=1S/C27H30O3/c1-4-27(29)14-13-24-22-11-7-18-15-19(28)8-12-21(18)25(22)23(16-26(24,27)2)17-5-9-20(30-3)10-6-17/h1,5-6,9-10,15,22-24,29H,7-8,11-14,16H2,2-3H3/t22-,23+,24-,26+,27+/m0/s1. The van der Waals surface area contributed by atoms with E-state index in [1.54, 1.807) is 7.11 Å². The molecule has 0 aromatic heterocycles. The smallest absolute Gasteiger partial charge is 0.156 e. The lowest BCUT2D eigenvalue weighted by Crippen LogP contribution is -2.50. The number of ether oxygens (including phenoxy) is 1. The van der Waals surface area contributed by atoms with Crippen molar-refractivity contribution in [3.63, 3.8) is 0 Å². The second kappa shape index (κ2) is 6.86. The van der Waals surface area contributed by atoms with Crippen molar-refractivity contribution >= 4 is 5.78 Å². The second-order valence-electron chi connectivity index (χ2n) is 9.81. The van der Waals surface area contributed by atoms with Crippen LogP contribution in [0.4, 0.5) is 0 Å². The fourth-order valence-corrected chi connectivity index (χ4v) is 7.04. The first-order chi connectivity index (χ1) is 14.4. The van der Waals surface area contributed by atoms with Crippen LogP contribution in [0.3, 0.4) is 0 Å². The monoisotopic (exact) mass is 402 g/mol. The summed E-state index contributed by atoms with van der Waals surface area (Å²) in [4.78, 5) is 12.1. The topological polar surface area (TPSA) is 46.5 Å². The average Bonchev–Trinajstić information content (AvgIpc) is 3.04. The highest BCUT2D eigenvalue weighted by atomic mass is 16.5. The lowest BCUT2D eigenvalue weighted by atomic mass is 9.51. The zero-order chi connectivity index (χ0) is 21.1. The van der Waals surface area contributed by atoms with Crippen LogP contribution >= 0.6 is 0 Å². The van der Waals surface area contributed by atoms with Gasteiger partial charge in [0.1, 0.15) is 11.4 Å². The molecule has 1 N–H and O–H groups in total. The zero-order valence-electron chi connectivity index (χ0n) is 17.9.